The van der Waals surface area contributed by atoms with E-state index < -0.39 is 0 Å². The molecule has 3 heteroatoms. The lowest BCUT2D eigenvalue weighted by Crippen LogP contribution is -2.34. The third-order valence-corrected chi connectivity index (χ3v) is 1.98. The molecule has 1 heterocycles. The van der Waals surface area contributed by atoms with Crippen LogP contribution in [0.1, 0.15) is 0 Å². The zero-order valence-electron chi connectivity index (χ0n) is 4.77. The number of hydrogen-bond acceptors (Lipinski definition) is 2. The smallest absolute Gasteiger partial charge is 0.0594 e. The van der Waals surface area contributed by atoms with Gasteiger partial charge in [0.2, 0.25) is 0 Å². The molecule has 48 valence electrons. The number of rotatable bonds is 1. The van der Waals surface area contributed by atoms with Crippen LogP contribution in [0.25, 0.3) is 0 Å². The lowest BCUT2D eigenvalue weighted by molar-refractivity contribution is 0.0480. The van der Waals surface area contributed by atoms with Crippen molar-refractivity contribution in [3.63, 3.8) is 0 Å². The fourth-order valence-electron chi connectivity index (χ4n) is 0.721. The summed E-state index contributed by atoms with van der Waals surface area (Å²) < 4.78 is 5.14. The van der Waals surface area contributed by atoms with Crippen molar-refractivity contribution in [1.29, 1.82) is 0 Å². The van der Waals surface area contributed by atoms with Gasteiger partial charge in [-0.3, -0.25) is 4.90 Å². The summed E-state index contributed by atoms with van der Waals surface area (Å²) >= 11 is 3.38. The Kier molecular flexibility index (Phi) is 2.80. The molecule has 0 aromatic rings. The van der Waals surface area contributed by atoms with E-state index in [0.29, 0.717) is 0 Å². The van der Waals surface area contributed by atoms with E-state index in [0.717, 1.165) is 31.8 Å². The first-order chi connectivity index (χ1) is 3.93. The van der Waals surface area contributed by atoms with E-state index in [1.165, 1.54) is 0 Å². The average Bonchev–Trinajstić information content (AvgIpc) is 1.90. The quantitative estimate of drug-likeness (QED) is 0.434. The average molecular weight is 180 g/mol. The van der Waals surface area contributed by atoms with Crippen molar-refractivity contribution in [2.45, 2.75) is 0 Å². The van der Waals surface area contributed by atoms with Crippen molar-refractivity contribution < 1.29 is 4.74 Å². The summed E-state index contributed by atoms with van der Waals surface area (Å²) in [4.78, 5) is 2.31. The molecule has 0 spiro atoms. The highest BCUT2D eigenvalue weighted by Crippen LogP contribution is 1.97. The summed E-state index contributed by atoms with van der Waals surface area (Å²) in [5.41, 5.74) is 0.982. The number of hydrogen-bond donors (Lipinski definition) is 0. The van der Waals surface area contributed by atoms with Gasteiger partial charge in [0.1, 0.15) is 0 Å². The maximum absolute atomic E-state index is 5.14. The topological polar surface area (TPSA) is 12.5 Å². The molecule has 1 saturated heterocycles. The molecular formula is C5H10BrNO. The zero-order chi connectivity index (χ0) is 5.82. The molecule has 0 N–H and O–H groups in total. The molecule has 0 saturated carbocycles. The second-order valence-corrected chi connectivity index (χ2v) is 2.35. The molecule has 1 rings (SSSR count). The number of alkyl halides is 1. The minimum absolute atomic E-state index is 0.894. The lowest BCUT2D eigenvalue weighted by Gasteiger charge is -2.23. The van der Waals surface area contributed by atoms with Gasteiger partial charge in [0.15, 0.2) is 0 Å². The van der Waals surface area contributed by atoms with Gasteiger partial charge in [-0.05, 0) is 0 Å². The van der Waals surface area contributed by atoms with E-state index in [4.69, 9.17) is 4.74 Å². The molecule has 0 aromatic carbocycles. The zero-order valence-corrected chi connectivity index (χ0v) is 6.35. The summed E-state index contributed by atoms with van der Waals surface area (Å²) in [7, 11) is 0. The Morgan fingerprint density at radius 1 is 1.38 bits per heavy atom. The largest absolute Gasteiger partial charge is 0.379 e. The molecule has 8 heavy (non-hydrogen) atoms. The highest BCUT2D eigenvalue weighted by Gasteiger charge is 2.06. The Labute approximate surface area is 57.9 Å². The Hall–Kier alpha value is 0.400. The van der Waals surface area contributed by atoms with E-state index in [1.54, 1.807) is 0 Å². The number of halogens is 1. The first kappa shape index (κ1) is 6.52. The number of nitrogens with zero attached hydrogens (tertiary/aromatic N) is 1. The van der Waals surface area contributed by atoms with E-state index in [9.17, 15) is 0 Å². The predicted molar refractivity (Wildman–Crippen MR) is 36.2 cm³/mol. The maximum Gasteiger partial charge on any atom is 0.0594 e. The molecule has 0 atom stereocenters. The summed E-state index contributed by atoms with van der Waals surface area (Å²) in [6.07, 6.45) is 0. The Morgan fingerprint density at radius 3 is 2.38 bits per heavy atom. The monoisotopic (exact) mass is 179 g/mol. The highest BCUT2D eigenvalue weighted by molar-refractivity contribution is 9.09. The summed E-state index contributed by atoms with van der Waals surface area (Å²) in [6, 6.07) is 0. The molecule has 0 aromatic heterocycles. The molecule has 0 unspecified atom stereocenters. The van der Waals surface area contributed by atoms with Gasteiger partial charge in [0.05, 0.1) is 18.7 Å². The molecule has 2 nitrogen and oxygen atoms in total. The first-order valence-electron chi connectivity index (χ1n) is 2.79. The third-order valence-electron chi connectivity index (χ3n) is 1.27. The van der Waals surface area contributed by atoms with Crippen molar-refractivity contribution in [2.24, 2.45) is 0 Å². The first-order valence-corrected chi connectivity index (χ1v) is 3.91. The molecule has 1 aliphatic rings. The molecule has 0 aliphatic carbocycles. The predicted octanol–water partition coefficient (Wildman–Crippen LogP) is 0.671. The van der Waals surface area contributed by atoms with Crippen molar-refractivity contribution in [2.75, 3.05) is 31.8 Å². The second kappa shape index (κ2) is 3.43. The van der Waals surface area contributed by atoms with E-state index in [2.05, 4.69) is 20.8 Å². The van der Waals surface area contributed by atoms with Crippen LogP contribution in [0.3, 0.4) is 0 Å². The van der Waals surface area contributed by atoms with E-state index in [1.807, 2.05) is 0 Å². The highest BCUT2D eigenvalue weighted by atomic mass is 79.9. The van der Waals surface area contributed by atoms with Crippen LogP contribution in [0, 0.1) is 0 Å². The standard InChI is InChI=1S/C5H10BrNO/c6-5-7-1-3-8-4-2-7/h1-5H2. The maximum atomic E-state index is 5.14. The molecule has 1 aliphatic heterocycles. The molecule has 0 bridgehead atoms. The van der Waals surface area contributed by atoms with Crippen LogP contribution in [0.2, 0.25) is 0 Å². The van der Waals surface area contributed by atoms with Gasteiger partial charge in [-0.25, -0.2) is 0 Å². The van der Waals surface area contributed by atoms with Crippen molar-refractivity contribution >= 4 is 15.9 Å². The summed E-state index contributed by atoms with van der Waals surface area (Å²) in [6.45, 7) is 3.94. The normalized spacial score (nSPS) is 23.6. The van der Waals surface area contributed by atoms with Crippen LogP contribution in [0.5, 0.6) is 0 Å². The number of morpholine rings is 1. The Bertz CT molecular complexity index is 63.4. The van der Waals surface area contributed by atoms with Gasteiger partial charge in [-0.15, -0.1) is 0 Å². The minimum atomic E-state index is 0.894. The van der Waals surface area contributed by atoms with Crippen LogP contribution in [0.15, 0.2) is 0 Å². The van der Waals surface area contributed by atoms with Crippen LogP contribution in [0.4, 0.5) is 0 Å². The molecule has 0 radical (unpaired) electrons. The fraction of sp³-hybridized carbons (Fsp3) is 1.00. The van der Waals surface area contributed by atoms with Gasteiger partial charge in [0, 0.05) is 13.1 Å². The Morgan fingerprint density at radius 2 is 2.00 bits per heavy atom. The van der Waals surface area contributed by atoms with Crippen molar-refractivity contribution in [3.8, 4) is 0 Å². The van der Waals surface area contributed by atoms with Crippen LogP contribution < -0.4 is 0 Å². The fourth-order valence-corrected chi connectivity index (χ4v) is 1.22. The van der Waals surface area contributed by atoms with E-state index >= 15 is 0 Å². The third kappa shape index (κ3) is 1.73. The van der Waals surface area contributed by atoms with Gasteiger partial charge in [-0.2, -0.15) is 0 Å². The molecule has 0 amide bonds. The SMILES string of the molecule is BrCN1CCOCC1. The summed E-state index contributed by atoms with van der Waals surface area (Å²) in [5, 5.41) is 0. The van der Waals surface area contributed by atoms with Gasteiger partial charge in [0.25, 0.3) is 0 Å². The molecular weight excluding hydrogens is 170 g/mol. The minimum Gasteiger partial charge on any atom is -0.379 e. The second-order valence-electron chi connectivity index (χ2n) is 1.85. The number of ether oxygens (including phenoxy) is 1. The van der Waals surface area contributed by atoms with Crippen molar-refractivity contribution in [3.05, 3.63) is 0 Å². The van der Waals surface area contributed by atoms with Crippen LogP contribution >= 0.6 is 15.9 Å². The molecule has 1 fully saturated rings. The Balaban J connectivity index is 2.13. The van der Waals surface area contributed by atoms with Gasteiger partial charge >= 0.3 is 0 Å². The van der Waals surface area contributed by atoms with Crippen molar-refractivity contribution in [1.82, 2.24) is 4.90 Å². The lowest BCUT2D eigenvalue weighted by atomic mass is 10.5. The van der Waals surface area contributed by atoms with Crippen LogP contribution in [-0.2, 0) is 4.74 Å². The van der Waals surface area contributed by atoms with Gasteiger partial charge in [-0.1, -0.05) is 15.9 Å². The van der Waals surface area contributed by atoms with Gasteiger partial charge < -0.3 is 4.74 Å². The van der Waals surface area contributed by atoms with Crippen LogP contribution in [-0.4, -0.2) is 36.7 Å². The van der Waals surface area contributed by atoms with E-state index in [-0.39, 0.29) is 0 Å². The summed E-state index contributed by atoms with van der Waals surface area (Å²) in [5.74, 6) is 0.